The highest BCUT2D eigenvalue weighted by molar-refractivity contribution is 5.62. The molecule has 0 saturated carbocycles. The Morgan fingerprint density at radius 2 is 2.13 bits per heavy atom. The number of phenolic OH excluding ortho intramolecular Hbond substituents is 1. The fourth-order valence-corrected chi connectivity index (χ4v) is 3.10. The van der Waals surface area contributed by atoms with E-state index in [1.54, 1.807) is 6.07 Å². The molecule has 1 saturated heterocycles. The molecule has 1 aliphatic heterocycles. The van der Waals surface area contributed by atoms with Crippen LogP contribution in [0.4, 0.5) is 5.82 Å². The van der Waals surface area contributed by atoms with Crippen molar-refractivity contribution in [2.75, 3.05) is 18.9 Å². The predicted octanol–water partition coefficient (Wildman–Crippen LogP) is 2.97. The van der Waals surface area contributed by atoms with Gasteiger partial charge in [0.25, 0.3) is 0 Å². The molecule has 0 bridgehead atoms. The molecule has 1 atom stereocenters. The van der Waals surface area contributed by atoms with Crippen molar-refractivity contribution in [3.8, 4) is 17.0 Å². The molecular weight excluding hydrogens is 288 g/mol. The number of nitrogens with zero attached hydrogens (tertiary/aromatic N) is 2. The van der Waals surface area contributed by atoms with Crippen LogP contribution in [-0.4, -0.2) is 34.9 Å². The normalized spacial score (nSPS) is 17.9. The summed E-state index contributed by atoms with van der Waals surface area (Å²) < 4.78 is 0. The third-order valence-electron chi connectivity index (χ3n) is 4.39. The Morgan fingerprint density at radius 1 is 1.22 bits per heavy atom. The predicted molar refractivity (Wildman–Crippen MR) is 92.6 cm³/mol. The van der Waals surface area contributed by atoms with Gasteiger partial charge in [0.05, 0.1) is 5.69 Å². The van der Waals surface area contributed by atoms with Crippen LogP contribution in [0.5, 0.6) is 5.75 Å². The lowest BCUT2D eigenvalue weighted by Crippen LogP contribution is -2.34. The van der Waals surface area contributed by atoms with Gasteiger partial charge in [0.15, 0.2) is 0 Å². The second kappa shape index (κ2) is 7.42. The number of rotatable bonds is 5. The summed E-state index contributed by atoms with van der Waals surface area (Å²) in [6.07, 6.45) is 5.92. The van der Waals surface area contributed by atoms with Gasteiger partial charge < -0.3 is 15.7 Å². The Bertz CT molecular complexity index is 636. The Hall–Kier alpha value is -2.14. The lowest BCUT2D eigenvalue weighted by molar-refractivity contribution is 0.382. The van der Waals surface area contributed by atoms with Crippen LogP contribution >= 0.6 is 0 Å². The van der Waals surface area contributed by atoms with Crippen molar-refractivity contribution in [3.63, 3.8) is 0 Å². The molecular formula is C18H24N4O. The number of piperidine rings is 1. The molecule has 5 nitrogen and oxygen atoms in total. The maximum absolute atomic E-state index is 10.0. The van der Waals surface area contributed by atoms with Crippen LogP contribution in [0.25, 0.3) is 11.3 Å². The number of phenols is 1. The van der Waals surface area contributed by atoms with Gasteiger partial charge in [-0.3, -0.25) is 0 Å². The van der Waals surface area contributed by atoms with Crippen LogP contribution in [-0.2, 0) is 6.42 Å². The maximum Gasteiger partial charge on any atom is 0.148 e. The molecule has 0 amide bonds. The third kappa shape index (κ3) is 4.20. The van der Waals surface area contributed by atoms with Crippen molar-refractivity contribution < 1.29 is 5.11 Å². The van der Waals surface area contributed by atoms with Crippen molar-refractivity contribution in [3.05, 3.63) is 35.9 Å². The van der Waals surface area contributed by atoms with E-state index in [1.165, 1.54) is 19.3 Å². The molecule has 3 rings (SSSR count). The molecule has 1 aromatic carbocycles. The summed E-state index contributed by atoms with van der Waals surface area (Å²) in [5, 5.41) is 24.9. The first-order chi connectivity index (χ1) is 11.2. The molecule has 2 aromatic rings. The zero-order valence-corrected chi connectivity index (χ0v) is 13.5. The van der Waals surface area contributed by atoms with E-state index in [0.29, 0.717) is 6.04 Å². The Morgan fingerprint density at radius 3 is 2.83 bits per heavy atom. The highest BCUT2D eigenvalue weighted by Crippen LogP contribution is 2.25. The molecule has 1 fully saturated rings. The van der Waals surface area contributed by atoms with Gasteiger partial charge in [0, 0.05) is 18.7 Å². The molecule has 1 aromatic heterocycles. The highest BCUT2D eigenvalue weighted by atomic mass is 16.3. The first-order valence-electron chi connectivity index (χ1n) is 8.33. The van der Waals surface area contributed by atoms with Gasteiger partial charge in [-0.2, -0.15) is 0 Å². The monoisotopic (exact) mass is 312 g/mol. The summed E-state index contributed by atoms with van der Waals surface area (Å²) in [5.41, 5.74) is 2.83. The molecule has 3 N–H and O–H groups in total. The van der Waals surface area contributed by atoms with Crippen LogP contribution in [0.2, 0.25) is 0 Å². The zero-order chi connectivity index (χ0) is 16.1. The summed E-state index contributed by atoms with van der Waals surface area (Å²) in [7, 11) is 1.81. The number of aromatic nitrogens is 2. The Balaban J connectivity index is 1.72. The lowest BCUT2D eigenvalue weighted by Gasteiger charge is -2.23. The first-order valence-corrected chi connectivity index (χ1v) is 8.33. The lowest BCUT2D eigenvalue weighted by atomic mass is 9.96. The average molecular weight is 312 g/mol. The first kappa shape index (κ1) is 15.7. The van der Waals surface area contributed by atoms with Crippen molar-refractivity contribution in [2.24, 2.45) is 0 Å². The highest BCUT2D eigenvalue weighted by Gasteiger charge is 2.13. The third-order valence-corrected chi connectivity index (χ3v) is 4.39. The number of aromatic hydroxyl groups is 1. The van der Waals surface area contributed by atoms with Crippen molar-refractivity contribution in [1.29, 1.82) is 0 Å². The van der Waals surface area contributed by atoms with Crippen LogP contribution in [0, 0.1) is 0 Å². The minimum atomic E-state index is 0.286. The molecule has 0 radical (unpaired) electrons. The van der Waals surface area contributed by atoms with E-state index in [-0.39, 0.29) is 5.75 Å². The number of hydrogen-bond acceptors (Lipinski definition) is 5. The van der Waals surface area contributed by atoms with Gasteiger partial charge >= 0.3 is 0 Å². The summed E-state index contributed by atoms with van der Waals surface area (Å²) in [6, 6.07) is 10.1. The molecule has 1 aliphatic rings. The van der Waals surface area contributed by atoms with E-state index in [0.717, 1.165) is 42.0 Å². The summed E-state index contributed by atoms with van der Waals surface area (Å²) >= 11 is 0. The van der Waals surface area contributed by atoms with Crippen molar-refractivity contribution in [2.45, 2.75) is 38.1 Å². The van der Waals surface area contributed by atoms with E-state index >= 15 is 0 Å². The fourth-order valence-electron chi connectivity index (χ4n) is 3.10. The molecule has 23 heavy (non-hydrogen) atoms. The van der Waals surface area contributed by atoms with Gasteiger partial charge in [-0.15, -0.1) is 10.2 Å². The quantitative estimate of drug-likeness (QED) is 0.792. The van der Waals surface area contributed by atoms with Gasteiger partial charge in [-0.25, -0.2) is 0 Å². The van der Waals surface area contributed by atoms with Crippen LogP contribution in [0.15, 0.2) is 30.3 Å². The summed E-state index contributed by atoms with van der Waals surface area (Å²) in [6.45, 7) is 1.13. The minimum Gasteiger partial charge on any atom is -0.508 e. The van der Waals surface area contributed by atoms with Crippen molar-refractivity contribution >= 4 is 5.82 Å². The van der Waals surface area contributed by atoms with Gasteiger partial charge in [-0.05, 0) is 68.1 Å². The van der Waals surface area contributed by atoms with E-state index in [2.05, 4.69) is 26.9 Å². The minimum absolute atomic E-state index is 0.286. The Kier molecular flexibility index (Phi) is 5.08. The molecule has 122 valence electrons. The van der Waals surface area contributed by atoms with Crippen molar-refractivity contribution in [1.82, 2.24) is 15.5 Å². The number of anilines is 1. The number of hydrogen-bond donors (Lipinski definition) is 3. The maximum atomic E-state index is 10.0. The Labute approximate surface area is 137 Å². The molecule has 1 unspecified atom stereocenters. The van der Waals surface area contributed by atoms with Gasteiger partial charge in [0.2, 0.25) is 0 Å². The van der Waals surface area contributed by atoms with E-state index in [9.17, 15) is 5.11 Å². The van der Waals surface area contributed by atoms with Crippen LogP contribution < -0.4 is 10.6 Å². The fraction of sp³-hybridized carbons (Fsp3) is 0.444. The SMILES string of the molecule is CNc1ccc(-c2cc(O)cc(CCC3CCCCN3)c2)nn1. The van der Waals surface area contributed by atoms with Crippen LogP contribution in [0.3, 0.4) is 0 Å². The number of nitrogens with one attached hydrogen (secondary N) is 2. The van der Waals surface area contributed by atoms with Crippen LogP contribution in [0.1, 0.15) is 31.2 Å². The topological polar surface area (TPSA) is 70.1 Å². The molecule has 5 heteroatoms. The van der Waals surface area contributed by atoms with E-state index < -0.39 is 0 Å². The van der Waals surface area contributed by atoms with E-state index in [1.807, 2.05) is 25.2 Å². The van der Waals surface area contributed by atoms with E-state index in [4.69, 9.17) is 0 Å². The number of aryl methyl sites for hydroxylation is 1. The van der Waals surface area contributed by atoms with Gasteiger partial charge in [0.1, 0.15) is 11.6 Å². The average Bonchev–Trinajstić information content (AvgIpc) is 2.60. The number of benzene rings is 1. The van der Waals surface area contributed by atoms with Gasteiger partial charge in [-0.1, -0.05) is 6.42 Å². The molecule has 2 heterocycles. The zero-order valence-electron chi connectivity index (χ0n) is 13.5. The largest absolute Gasteiger partial charge is 0.508 e. The summed E-state index contributed by atoms with van der Waals surface area (Å²) in [4.78, 5) is 0. The molecule has 0 aliphatic carbocycles. The standard InChI is InChI=1S/C18H24N4O/c1-19-18-8-7-17(21-22-18)14-10-13(11-16(23)12-14)5-6-15-4-2-3-9-20-15/h7-8,10-12,15,20,23H,2-6,9H2,1H3,(H,19,22). The second-order valence-electron chi connectivity index (χ2n) is 6.13. The molecule has 0 spiro atoms. The summed E-state index contributed by atoms with van der Waals surface area (Å²) in [5.74, 6) is 1.02. The second-order valence-corrected chi connectivity index (χ2v) is 6.13. The smallest absolute Gasteiger partial charge is 0.148 e.